The average Bonchev–Trinajstić information content (AvgIpc) is 2.40. The van der Waals surface area contributed by atoms with Gasteiger partial charge in [0.2, 0.25) is 0 Å². The van der Waals surface area contributed by atoms with Gasteiger partial charge in [-0.3, -0.25) is 5.41 Å². The summed E-state index contributed by atoms with van der Waals surface area (Å²) < 4.78 is 6.03. The molecule has 0 bridgehead atoms. The number of hydrogen-bond donors (Lipinski definition) is 1. The summed E-state index contributed by atoms with van der Waals surface area (Å²) in [5.41, 5.74) is -0.275. The van der Waals surface area contributed by atoms with Crippen LogP contribution in [0.3, 0.4) is 0 Å². The molecule has 0 unspecified atom stereocenters. The quantitative estimate of drug-likeness (QED) is 0.617. The molecule has 0 spiro atoms. The Labute approximate surface area is 111 Å². The largest absolute Gasteiger partial charge is 0.367 e. The summed E-state index contributed by atoms with van der Waals surface area (Å²) in [6.45, 7) is 6.84. The fraction of sp³-hybridized carbons (Fsp3) is 0.929. The highest BCUT2D eigenvalue weighted by Crippen LogP contribution is 2.33. The van der Waals surface area contributed by atoms with Crippen molar-refractivity contribution in [3.63, 3.8) is 0 Å². The van der Waals surface area contributed by atoms with E-state index in [1.807, 2.05) is 6.92 Å². The van der Waals surface area contributed by atoms with E-state index < -0.39 is 0 Å². The van der Waals surface area contributed by atoms with Crippen LogP contribution in [0.1, 0.15) is 39.0 Å². The van der Waals surface area contributed by atoms with Gasteiger partial charge in [0.25, 0.3) is 0 Å². The van der Waals surface area contributed by atoms with Crippen molar-refractivity contribution in [2.24, 2.45) is 0 Å². The van der Waals surface area contributed by atoms with Crippen LogP contribution in [0.4, 0.5) is 0 Å². The molecule has 2 rings (SSSR count). The first-order valence-electron chi connectivity index (χ1n) is 7.34. The number of amidine groups is 1. The van der Waals surface area contributed by atoms with E-state index >= 15 is 0 Å². The molecule has 2 aliphatic rings. The molecule has 1 N–H and O–H groups in total. The average molecular weight is 253 g/mol. The summed E-state index contributed by atoms with van der Waals surface area (Å²) in [5.74, 6) is 0.747. The Kier molecular flexibility index (Phi) is 4.62. The van der Waals surface area contributed by atoms with Crippen molar-refractivity contribution in [2.45, 2.75) is 44.6 Å². The zero-order valence-corrected chi connectivity index (χ0v) is 11.9. The molecule has 1 aliphatic heterocycles. The summed E-state index contributed by atoms with van der Waals surface area (Å²) >= 11 is 0. The first-order chi connectivity index (χ1) is 8.68. The third kappa shape index (κ3) is 2.86. The van der Waals surface area contributed by atoms with Gasteiger partial charge in [0.15, 0.2) is 0 Å². The highest BCUT2D eigenvalue weighted by atomic mass is 16.5. The van der Waals surface area contributed by atoms with Crippen LogP contribution in [0.15, 0.2) is 0 Å². The van der Waals surface area contributed by atoms with Gasteiger partial charge >= 0.3 is 0 Å². The summed E-state index contributed by atoms with van der Waals surface area (Å²) in [7, 11) is 2.15. The van der Waals surface area contributed by atoms with Gasteiger partial charge in [0.1, 0.15) is 11.4 Å². The Hall–Kier alpha value is -0.610. The van der Waals surface area contributed by atoms with Crippen molar-refractivity contribution < 1.29 is 4.74 Å². The van der Waals surface area contributed by atoms with Gasteiger partial charge in [-0.1, -0.05) is 19.3 Å². The summed E-state index contributed by atoms with van der Waals surface area (Å²) in [6.07, 6.45) is 5.77. The monoisotopic (exact) mass is 253 g/mol. The molecule has 1 saturated carbocycles. The van der Waals surface area contributed by atoms with E-state index in [1.54, 1.807) is 0 Å². The molecule has 104 valence electrons. The lowest BCUT2D eigenvalue weighted by atomic mass is 9.83. The number of nitrogens with zero attached hydrogens (tertiary/aromatic N) is 2. The zero-order valence-electron chi connectivity index (χ0n) is 11.9. The van der Waals surface area contributed by atoms with Crippen LogP contribution in [0.25, 0.3) is 0 Å². The fourth-order valence-corrected chi connectivity index (χ4v) is 3.17. The van der Waals surface area contributed by atoms with Crippen molar-refractivity contribution in [2.75, 3.05) is 39.8 Å². The molecule has 1 heterocycles. The van der Waals surface area contributed by atoms with Crippen molar-refractivity contribution in [1.29, 1.82) is 5.41 Å². The minimum absolute atomic E-state index is 0.275. The van der Waals surface area contributed by atoms with Crippen LogP contribution >= 0.6 is 0 Å². The molecule has 0 aromatic rings. The Bertz CT molecular complexity index is 273. The summed E-state index contributed by atoms with van der Waals surface area (Å²) in [4.78, 5) is 4.57. The van der Waals surface area contributed by atoms with Crippen molar-refractivity contribution in [1.82, 2.24) is 9.80 Å². The van der Waals surface area contributed by atoms with Gasteiger partial charge in [0.05, 0.1) is 0 Å². The second-order valence-electron chi connectivity index (χ2n) is 5.63. The fourth-order valence-electron chi connectivity index (χ4n) is 3.17. The zero-order chi connectivity index (χ0) is 13.0. The van der Waals surface area contributed by atoms with E-state index in [0.29, 0.717) is 0 Å². The van der Waals surface area contributed by atoms with Crippen molar-refractivity contribution in [3.8, 4) is 0 Å². The Morgan fingerprint density at radius 2 is 1.72 bits per heavy atom. The van der Waals surface area contributed by atoms with E-state index in [1.165, 1.54) is 19.3 Å². The predicted molar refractivity (Wildman–Crippen MR) is 74.2 cm³/mol. The highest BCUT2D eigenvalue weighted by Gasteiger charge is 2.40. The SMILES string of the molecule is CCOC1(C(=N)N2CCN(C)CC2)CCCCC1. The maximum absolute atomic E-state index is 8.58. The second-order valence-corrected chi connectivity index (χ2v) is 5.63. The summed E-state index contributed by atoms with van der Waals surface area (Å²) in [6, 6.07) is 0. The maximum atomic E-state index is 8.58. The van der Waals surface area contributed by atoms with Crippen LogP contribution in [0, 0.1) is 5.41 Å². The van der Waals surface area contributed by atoms with Crippen molar-refractivity contribution >= 4 is 5.84 Å². The lowest BCUT2D eigenvalue weighted by Gasteiger charge is -2.44. The normalized spacial score (nSPS) is 25.1. The number of ether oxygens (including phenoxy) is 1. The van der Waals surface area contributed by atoms with Crippen LogP contribution < -0.4 is 0 Å². The van der Waals surface area contributed by atoms with Gasteiger partial charge < -0.3 is 14.5 Å². The van der Waals surface area contributed by atoms with Gasteiger partial charge in [-0.15, -0.1) is 0 Å². The van der Waals surface area contributed by atoms with Crippen LogP contribution in [-0.4, -0.2) is 61.1 Å². The lowest BCUT2D eigenvalue weighted by Crippen LogP contribution is -2.56. The van der Waals surface area contributed by atoms with Gasteiger partial charge in [-0.05, 0) is 26.8 Å². The van der Waals surface area contributed by atoms with Gasteiger partial charge in [-0.25, -0.2) is 0 Å². The molecule has 2 fully saturated rings. The minimum Gasteiger partial charge on any atom is -0.367 e. The molecule has 4 nitrogen and oxygen atoms in total. The van der Waals surface area contributed by atoms with Crippen LogP contribution in [0.2, 0.25) is 0 Å². The third-order valence-electron chi connectivity index (χ3n) is 4.33. The minimum atomic E-state index is -0.275. The summed E-state index contributed by atoms with van der Waals surface area (Å²) in [5, 5.41) is 8.58. The number of nitrogens with one attached hydrogen (secondary N) is 1. The Balaban J connectivity index is 2.03. The molecule has 0 atom stereocenters. The number of rotatable bonds is 3. The number of likely N-dealkylation sites (N-methyl/N-ethyl adjacent to an activating group) is 1. The number of piperazine rings is 1. The van der Waals surface area contributed by atoms with Crippen LogP contribution in [0.5, 0.6) is 0 Å². The van der Waals surface area contributed by atoms with Crippen molar-refractivity contribution in [3.05, 3.63) is 0 Å². The molecule has 0 radical (unpaired) electrons. The van der Waals surface area contributed by atoms with Gasteiger partial charge in [-0.2, -0.15) is 0 Å². The Morgan fingerprint density at radius 3 is 2.28 bits per heavy atom. The molecule has 0 aromatic carbocycles. The second kappa shape index (κ2) is 6.02. The molecule has 18 heavy (non-hydrogen) atoms. The van der Waals surface area contributed by atoms with Crippen LogP contribution in [-0.2, 0) is 4.74 Å². The smallest absolute Gasteiger partial charge is 0.129 e. The van der Waals surface area contributed by atoms with E-state index in [2.05, 4.69) is 16.8 Å². The Morgan fingerprint density at radius 1 is 1.11 bits per heavy atom. The first kappa shape index (κ1) is 13.8. The molecule has 0 aromatic heterocycles. The third-order valence-corrected chi connectivity index (χ3v) is 4.33. The molecule has 1 aliphatic carbocycles. The van der Waals surface area contributed by atoms with E-state index in [-0.39, 0.29) is 5.60 Å². The van der Waals surface area contributed by atoms with Gasteiger partial charge in [0, 0.05) is 32.8 Å². The number of hydrogen-bond acceptors (Lipinski definition) is 3. The van der Waals surface area contributed by atoms with E-state index in [0.717, 1.165) is 51.5 Å². The maximum Gasteiger partial charge on any atom is 0.129 e. The van der Waals surface area contributed by atoms with E-state index in [4.69, 9.17) is 10.1 Å². The first-order valence-corrected chi connectivity index (χ1v) is 7.34. The molecule has 4 heteroatoms. The predicted octanol–water partition coefficient (Wildman–Crippen LogP) is 1.95. The standard InChI is InChI=1S/C14H27N3O/c1-3-18-14(7-5-4-6-8-14)13(15)17-11-9-16(2)10-12-17/h15H,3-12H2,1-2H3. The molecular weight excluding hydrogens is 226 g/mol. The molecular formula is C14H27N3O. The molecule has 0 amide bonds. The molecule has 1 saturated heterocycles. The van der Waals surface area contributed by atoms with E-state index in [9.17, 15) is 0 Å². The lowest BCUT2D eigenvalue weighted by molar-refractivity contribution is -0.0220. The topological polar surface area (TPSA) is 39.6 Å². The highest BCUT2D eigenvalue weighted by molar-refractivity contribution is 5.88.